The molecule has 0 spiro atoms. The maximum atomic E-state index is 9.58. The fraction of sp³-hybridized carbons (Fsp3) is 1.00. The maximum absolute atomic E-state index is 9.58. The van der Waals surface area contributed by atoms with E-state index in [0.29, 0.717) is 12.8 Å². The van der Waals surface area contributed by atoms with Gasteiger partial charge in [-0.15, -0.1) is 0 Å². The van der Waals surface area contributed by atoms with Crippen LogP contribution in [0.5, 0.6) is 0 Å². The van der Waals surface area contributed by atoms with Crippen molar-refractivity contribution in [3.63, 3.8) is 0 Å². The first-order valence-corrected chi connectivity index (χ1v) is 5.09. The molecule has 4 heteroatoms. The van der Waals surface area contributed by atoms with Crippen molar-refractivity contribution in [2.75, 3.05) is 41.3 Å². The Morgan fingerprint density at radius 2 is 1.07 bits per heavy atom. The maximum Gasteiger partial charge on any atom is 0.0811 e. The summed E-state index contributed by atoms with van der Waals surface area (Å²) < 4.78 is 0. The van der Waals surface area contributed by atoms with Gasteiger partial charge in [0.25, 0.3) is 0 Å². The van der Waals surface area contributed by atoms with Crippen LogP contribution < -0.4 is 0 Å². The van der Waals surface area contributed by atoms with E-state index in [-0.39, 0.29) is 0 Å². The molecule has 0 saturated heterocycles. The summed E-state index contributed by atoms with van der Waals surface area (Å²) in [6, 6.07) is 0. The Labute approximate surface area is 87.1 Å². The highest BCUT2D eigenvalue weighted by atomic mass is 16.3. The minimum absolute atomic E-state index is 0.600. The molecule has 0 fully saturated rings. The highest BCUT2D eigenvalue weighted by Gasteiger charge is 2.15. The molecule has 0 aliphatic heterocycles. The fourth-order valence-electron chi connectivity index (χ4n) is 1.17. The first-order chi connectivity index (χ1) is 6.43. The van der Waals surface area contributed by atoms with Gasteiger partial charge in [-0.25, -0.2) is 0 Å². The van der Waals surface area contributed by atoms with Gasteiger partial charge >= 0.3 is 0 Å². The second-order valence-corrected chi connectivity index (χ2v) is 4.32. The molecule has 86 valence electrons. The summed E-state index contributed by atoms with van der Waals surface area (Å²) in [6.07, 6.45) is 0.0538. The first kappa shape index (κ1) is 13.8. The van der Waals surface area contributed by atoms with Gasteiger partial charge in [-0.3, -0.25) is 0 Å². The van der Waals surface area contributed by atoms with Crippen LogP contribution in [0, 0.1) is 0 Å². The van der Waals surface area contributed by atoms with Gasteiger partial charge in [-0.05, 0) is 41.0 Å². The third-order valence-electron chi connectivity index (χ3n) is 2.19. The lowest BCUT2D eigenvalue weighted by molar-refractivity contribution is 0.00343. The van der Waals surface area contributed by atoms with Crippen LogP contribution in [0.15, 0.2) is 0 Å². The van der Waals surface area contributed by atoms with Gasteiger partial charge < -0.3 is 20.0 Å². The molecule has 0 aromatic heterocycles. The zero-order chi connectivity index (χ0) is 11.1. The van der Waals surface area contributed by atoms with Crippen molar-refractivity contribution in [1.29, 1.82) is 0 Å². The molecule has 0 saturated carbocycles. The molecule has 14 heavy (non-hydrogen) atoms. The van der Waals surface area contributed by atoms with Crippen LogP contribution >= 0.6 is 0 Å². The molecule has 4 nitrogen and oxygen atoms in total. The highest BCUT2D eigenvalue weighted by Crippen LogP contribution is 2.04. The Bertz CT molecular complexity index is 124. The Morgan fingerprint density at radius 3 is 1.29 bits per heavy atom. The Morgan fingerprint density at radius 1 is 0.786 bits per heavy atom. The lowest BCUT2D eigenvalue weighted by Crippen LogP contribution is -2.32. The van der Waals surface area contributed by atoms with E-state index < -0.39 is 12.2 Å². The topological polar surface area (TPSA) is 46.9 Å². The van der Waals surface area contributed by atoms with Crippen molar-refractivity contribution in [1.82, 2.24) is 9.80 Å². The molecule has 0 rings (SSSR count). The molecule has 0 bridgehead atoms. The number of rotatable bonds is 7. The molecule has 0 unspecified atom stereocenters. The summed E-state index contributed by atoms with van der Waals surface area (Å²) in [4.78, 5) is 4.00. The van der Waals surface area contributed by atoms with E-state index in [4.69, 9.17) is 0 Å². The van der Waals surface area contributed by atoms with Crippen LogP contribution in [0.4, 0.5) is 0 Å². The number of aliphatic hydroxyl groups excluding tert-OH is 2. The monoisotopic (exact) mass is 204 g/mol. The number of hydrogen-bond donors (Lipinski definition) is 2. The van der Waals surface area contributed by atoms with Gasteiger partial charge in [-0.1, -0.05) is 0 Å². The van der Waals surface area contributed by atoms with E-state index in [9.17, 15) is 10.2 Å². The summed E-state index contributed by atoms with van der Waals surface area (Å²) in [5.41, 5.74) is 0. The summed E-state index contributed by atoms with van der Waals surface area (Å²) >= 11 is 0. The van der Waals surface area contributed by atoms with Crippen molar-refractivity contribution in [2.24, 2.45) is 0 Å². The summed E-state index contributed by atoms with van der Waals surface area (Å²) in [7, 11) is 7.83. The molecule has 0 aliphatic carbocycles. The largest absolute Gasteiger partial charge is 0.390 e. The van der Waals surface area contributed by atoms with Crippen molar-refractivity contribution in [3.05, 3.63) is 0 Å². The lowest BCUT2D eigenvalue weighted by atomic mass is 10.1. The van der Waals surface area contributed by atoms with Crippen LogP contribution in [0.25, 0.3) is 0 Å². The van der Waals surface area contributed by atoms with Gasteiger partial charge in [0.05, 0.1) is 12.2 Å². The van der Waals surface area contributed by atoms with Crippen molar-refractivity contribution >= 4 is 0 Å². The molecule has 0 aromatic carbocycles. The number of nitrogens with zero attached hydrogens (tertiary/aromatic N) is 2. The van der Waals surface area contributed by atoms with Crippen molar-refractivity contribution < 1.29 is 10.2 Å². The Kier molecular flexibility index (Phi) is 7.09. The summed E-state index contributed by atoms with van der Waals surface area (Å²) in [5, 5.41) is 19.2. The molecule has 2 N–H and O–H groups in total. The van der Waals surface area contributed by atoms with Crippen molar-refractivity contribution in [2.45, 2.75) is 25.0 Å². The molecule has 0 aliphatic rings. The summed E-state index contributed by atoms with van der Waals surface area (Å²) in [5.74, 6) is 0. The normalized spacial score (nSPS) is 16.3. The van der Waals surface area contributed by atoms with Gasteiger partial charge in [0, 0.05) is 13.1 Å². The van der Waals surface area contributed by atoms with Crippen LogP contribution in [-0.2, 0) is 0 Å². The molecular weight excluding hydrogens is 180 g/mol. The van der Waals surface area contributed by atoms with E-state index in [0.717, 1.165) is 13.1 Å². The van der Waals surface area contributed by atoms with Crippen LogP contribution in [0.1, 0.15) is 12.8 Å². The predicted octanol–water partition coefficient (Wildman–Crippen LogP) is -0.388. The molecule has 0 radical (unpaired) electrons. The quantitative estimate of drug-likeness (QED) is 0.593. The Balaban J connectivity index is 3.59. The van der Waals surface area contributed by atoms with E-state index in [2.05, 4.69) is 0 Å². The van der Waals surface area contributed by atoms with E-state index >= 15 is 0 Å². The molecule has 2 atom stereocenters. The summed E-state index contributed by atoms with van der Waals surface area (Å²) in [6.45, 7) is 1.61. The fourth-order valence-corrected chi connectivity index (χ4v) is 1.17. The predicted molar refractivity (Wildman–Crippen MR) is 58.4 cm³/mol. The third-order valence-corrected chi connectivity index (χ3v) is 2.19. The lowest BCUT2D eigenvalue weighted by Gasteiger charge is -2.21. The zero-order valence-corrected chi connectivity index (χ0v) is 9.77. The minimum Gasteiger partial charge on any atom is -0.390 e. The second-order valence-electron chi connectivity index (χ2n) is 4.32. The van der Waals surface area contributed by atoms with Crippen LogP contribution in [-0.4, -0.2) is 73.5 Å². The number of hydrogen-bond acceptors (Lipinski definition) is 4. The van der Waals surface area contributed by atoms with Gasteiger partial charge in [0.2, 0.25) is 0 Å². The smallest absolute Gasteiger partial charge is 0.0811 e. The standard InChI is InChI=1S/C10H24N2O2/c1-11(2)7-5-9(13)10(14)6-8-12(3)4/h9-10,13-14H,5-8H2,1-4H3/t9-,10-/m1/s1. The molecule has 0 aromatic rings. The van der Waals surface area contributed by atoms with E-state index in [1.807, 2.05) is 38.0 Å². The second kappa shape index (κ2) is 7.17. The van der Waals surface area contributed by atoms with E-state index in [1.54, 1.807) is 0 Å². The van der Waals surface area contributed by atoms with Crippen LogP contribution in [0.3, 0.4) is 0 Å². The van der Waals surface area contributed by atoms with Crippen LogP contribution in [0.2, 0.25) is 0 Å². The number of aliphatic hydroxyl groups is 2. The Hall–Kier alpha value is -0.160. The van der Waals surface area contributed by atoms with Gasteiger partial charge in [-0.2, -0.15) is 0 Å². The minimum atomic E-state index is -0.600. The van der Waals surface area contributed by atoms with Crippen molar-refractivity contribution in [3.8, 4) is 0 Å². The average Bonchev–Trinajstić information content (AvgIpc) is 2.09. The van der Waals surface area contributed by atoms with Gasteiger partial charge in [0.1, 0.15) is 0 Å². The molecular formula is C10H24N2O2. The molecule has 0 heterocycles. The highest BCUT2D eigenvalue weighted by molar-refractivity contribution is 4.69. The van der Waals surface area contributed by atoms with Gasteiger partial charge in [0.15, 0.2) is 0 Å². The van der Waals surface area contributed by atoms with E-state index in [1.165, 1.54) is 0 Å². The first-order valence-electron chi connectivity index (χ1n) is 5.09. The zero-order valence-electron chi connectivity index (χ0n) is 9.77. The average molecular weight is 204 g/mol. The third kappa shape index (κ3) is 7.26. The SMILES string of the molecule is CN(C)CC[C@@H](O)[C@H](O)CCN(C)C. The molecule has 0 amide bonds.